The van der Waals surface area contributed by atoms with E-state index in [1.54, 1.807) is 12.4 Å². The highest BCUT2D eigenvalue weighted by atomic mass is 16.1. The van der Waals surface area contributed by atoms with Crippen molar-refractivity contribution in [2.45, 2.75) is 31.8 Å². The minimum Gasteiger partial charge on any atom is -0.300 e. The molecule has 32 heavy (non-hydrogen) atoms. The SMILES string of the molecule is Cc1cccnc1C1CC(=O)CC(c2cn3c(C#Cc4ccccn4)cccc3n2)N1C. The van der Waals surface area contributed by atoms with Crippen molar-refractivity contribution in [3.8, 4) is 11.8 Å². The second kappa shape index (κ2) is 8.37. The zero-order valence-corrected chi connectivity index (χ0v) is 18.1. The summed E-state index contributed by atoms with van der Waals surface area (Å²) in [6.45, 7) is 2.04. The Morgan fingerprint density at radius 3 is 2.59 bits per heavy atom. The van der Waals surface area contributed by atoms with Crippen molar-refractivity contribution in [3.63, 3.8) is 0 Å². The number of rotatable bonds is 2. The van der Waals surface area contributed by atoms with Crippen molar-refractivity contribution >= 4 is 11.4 Å². The maximum absolute atomic E-state index is 12.7. The van der Waals surface area contributed by atoms with E-state index in [0.29, 0.717) is 12.8 Å². The van der Waals surface area contributed by atoms with Gasteiger partial charge in [0.2, 0.25) is 0 Å². The zero-order valence-electron chi connectivity index (χ0n) is 18.1. The fourth-order valence-corrected chi connectivity index (χ4v) is 4.33. The summed E-state index contributed by atoms with van der Waals surface area (Å²) in [6, 6.07) is 15.3. The molecule has 0 bridgehead atoms. The molecular weight excluding hydrogens is 398 g/mol. The van der Waals surface area contributed by atoms with E-state index >= 15 is 0 Å². The molecule has 0 aromatic carbocycles. The van der Waals surface area contributed by atoms with Crippen LogP contribution in [0.25, 0.3) is 5.65 Å². The van der Waals surface area contributed by atoms with Gasteiger partial charge in [0.05, 0.1) is 29.2 Å². The van der Waals surface area contributed by atoms with Gasteiger partial charge in [-0.1, -0.05) is 18.2 Å². The lowest BCUT2D eigenvalue weighted by molar-refractivity contribution is -0.125. The number of likely N-dealkylation sites (tertiary alicyclic amines) is 1. The molecule has 1 aliphatic rings. The Bertz CT molecular complexity index is 1350. The predicted molar refractivity (Wildman–Crippen MR) is 122 cm³/mol. The molecule has 4 aromatic heterocycles. The van der Waals surface area contributed by atoms with Gasteiger partial charge in [0.1, 0.15) is 17.1 Å². The quantitative estimate of drug-likeness (QED) is 0.459. The van der Waals surface area contributed by atoms with E-state index in [1.807, 2.05) is 66.1 Å². The van der Waals surface area contributed by atoms with Crippen molar-refractivity contribution in [1.29, 1.82) is 0 Å². The van der Waals surface area contributed by atoms with Gasteiger partial charge in [0.25, 0.3) is 0 Å². The summed E-state index contributed by atoms with van der Waals surface area (Å²) in [4.78, 5) is 28.6. The average Bonchev–Trinajstić information content (AvgIpc) is 3.25. The molecule has 1 aliphatic heterocycles. The van der Waals surface area contributed by atoms with Crippen LogP contribution in [0.1, 0.15) is 53.3 Å². The number of aryl methyl sites for hydroxylation is 1. The van der Waals surface area contributed by atoms with Gasteiger partial charge >= 0.3 is 0 Å². The highest BCUT2D eigenvalue weighted by molar-refractivity contribution is 5.81. The molecule has 5 heterocycles. The summed E-state index contributed by atoms with van der Waals surface area (Å²) in [7, 11) is 2.06. The van der Waals surface area contributed by atoms with Crippen molar-refractivity contribution in [2.75, 3.05) is 7.05 Å². The molecule has 6 heteroatoms. The maximum Gasteiger partial charge on any atom is 0.138 e. The Kier molecular flexibility index (Phi) is 5.26. The number of hydrogen-bond acceptors (Lipinski definition) is 5. The normalized spacial score (nSPS) is 19.0. The topological polar surface area (TPSA) is 63.4 Å². The zero-order chi connectivity index (χ0) is 22.1. The third kappa shape index (κ3) is 3.79. The van der Waals surface area contributed by atoms with E-state index in [9.17, 15) is 4.79 Å². The highest BCUT2D eigenvalue weighted by Gasteiger charge is 2.36. The number of hydrogen-bond donors (Lipinski definition) is 0. The minimum atomic E-state index is -0.112. The Labute approximate surface area is 187 Å². The van der Waals surface area contributed by atoms with Gasteiger partial charge in [-0.05, 0) is 61.7 Å². The van der Waals surface area contributed by atoms with Crippen LogP contribution in [0, 0.1) is 18.8 Å². The van der Waals surface area contributed by atoms with Crippen LogP contribution in [0.5, 0.6) is 0 Å². The third-order valence-electron chi connectivity index (χ3n) is 6.03. The number of piperidine rings is 1. The van der Waals surface area contributed by atoms with E-state index < -0.39 is 0 Å². The molecule has 158 valence electrons. The molecule has 0 aliphatic carbocycles. The molecule has 4 aromatic rings. The van der Waals surface area contributed by atoms with Crippen molar-refractivity contribution in [3.05, 3.63) is 95.5 Å². The molecule has 6 nitrogen and oxygen atoms in total. The number of ketones is 1. The largest absolute Gasteiger partial charge is 0.300 e. The van der Waals surface area contributed by atoms with Crippen LogP contribution in [0.3, 0.4) is 0 Å². The first-order valence-electron chi connectivity index (χ1n) is 10.7. The standard InChI is InChI=1S/C26H23N5O/c1-18-7-6-14-28-26(18)24-16-21(32)15-23(30(24)2)22-17-31-20(9-5-10-25(31)29-22)12-11-19-8-3-4-13-27-19/h3-10,13-14,17,23-24H,15-16H2,1-2H3. The van der Waals surface area contributed by atoms with Crippen LogP contribution in [0.15, 0.2) is 67.1 Å². The molecule has 2 unspecified atom stereocenters. The summed E-state index contributed by atoms with van der Waals surface area (Å²) in [5, 5.41) is 0. The van der Waals surface area contributed by atoms with Gasteiger partial charge in [0.15, 0.2) is 0 Å². The van der Waals surface area contributed by atoms with Crippen LogP contribution >= 0.6 is 0 Å². The Morgan fingerprint density at radius 2 is 1.78 bits per heavy atom. The predicted octanol–water partition coefficient (Wildman–Crippen LogP) is 3.91. The molecule has 5 rings (SSSR count). The number of pyridine rings is 3. The fraction of sp³-hybridized carbons (Fsp3) is 0.231. The lowest BCUT2D eigenvalue weighted by atomic mass is 9.90. The Hall–Kier alpha value is -3.82. The first kappa shape index (κ1) is 20.1. The molecule has 1 saturated heterocycles. The van der Waals surface area contributed by atoms with Crippen LogP contribution in [-0.2, 0) is 4.79 Å². The van der Waals surface area contributed by atoms with Gasteiger partial charge in [-0.25, -0.2) is 9.97 Å². The molecule has 0 amide bonds. The van der Waals surface area contributed by atoms with Gasteiger partial charge in [-0.15, -0.1) is 0 Å². The summed E-state index contributed by atoms with van der Waals surface area (Å²) in [6.07, 6.45) is 6.44. The van der Waals surface area contributed by atoms with Crippen molar-refractivity contribution < 1.29 is 4.79 Å². The summed E-state index contributed by atoms with van der Waals surface area (Å²) in [5.41, 5.74) is 5.28. The molecule has 0 saturated carbocycles. The number of Topliss-reactive ketones (excluding diaryl/α,β-unsaturated/α-hetero) is 1. The van der Waals surface area contributed by atoms with E-state index in [2.05, 4.69) is 33.8 Å². The van der Waals surface area contributed by atoms with Crippen LogP contribution in [0.2, 0.25) is 0 Å². The maximum atomic E-state index is 12.7. The lowest BCUT2D eigenvalue weighted by Crippen LogP contribution is -2.37. The van der Waals surface area contributed by atoms with Gasteiger partial charge in [-0.3, -0.25) is 19.1 Å². The monoisotopic (exact) mass is 421 g/mol. The minimum absolute atomic E-state index is 0.0596. The highest BCUT2D eigenvalue weighted by Crippen LogP contribution is 2.38. The van der Waals surface area contributed by atoms with E-state index in [4.69, 9.17) is 4.98 Å². The Balaban J connectivity index is 1.51. The Morgan fingerprint density at radius 1 is 0.938 bits per heavy atom. The van der Waals surface area contributed by atoms with Crippen LogP contribution < -0.4 is 0 Å². The van der Waals surface area contributed by atoms with Gasteiger partial charge in [-0.2, -0.15) is 0 Å². The second-order valence-corrected chi connectivity index (χ2v) is 8.12. The van der Waals surface area contributed by atoms with Crippen LogP contribution in [-0.4, -0.2) is 37.1 Å². The van der Waals surface area contributed by atoms with Crippen LogP contribution in [0.4, 0.5) is 0 Å². The second-order valence-electron chi connectivity index (χ2n) is 8.12. The third-order valence-corrected chi connectivity index (χ3v) is 6.03. The van der Waals surface area contributed by atoms with E-state index in [0.717, 1.165) is 34.0 Å². The summed E-state index contributed by atoms with van der Waals surface area (Å²) >= 11 is 0. The molecule has 2 atom stereocenters. The summed E-state index contributed by atoms with van der Waals surface area (Å²) in [5.74, 6) is 6.54. The number of fused-ring (bicyclic) bond motifs is 1. The van der Waals surface area contributed by atoms with Gasteiger partial charge in [0, 0.05) is 31.4 Å². The number of carbonyl (C=O) groups excluding carboxylic acids is 1. The van der Waals surface area contributed by atoms with Crippen molar-refractivity contribution in [1.82, 2.24) is 24.3 Å². The molecule has 1 fully saturated rings. The first-order valence-corrected chi connectivity index (χ1v) is 10.7. The number of nitrogens with zero attached hydrogens (tertiary/aromatic N) is 5. The number of carbonyl (C=O) groups is 1. The van der Waals surface area contributed by atoms with Crippen molar-refractivity contribution in [2.24, 2.45) is 0 Å². The number of aromatic nitrogens is 4. The lowest BCUT2D eigenvalue weighted by Gasteiger charge is -2.38. The molecule has 0 N–H and O–H groups in total. The molecule has 0 radical (unpaired) electrons. The number of imidazole rings is 1. The van der Waals surface area contributed by atoms with E-state index in [-0.39, 0.29) is 17.9 Å². The van der Waals surface area contributed by atoms with Gasteiger partial charge < -0.3 is 0 Å². The van der Waals surface area contributed by atoms with E-state index in [1.165, 1.54) is 0 Å². The molecule has 0 spiro atoms. The fourth-order valence-electron chi connectivity index (χ4n) is 4.33. The summed E-state index contributed by atoms with van der Waals surface area (Å²) < 4.78 is 1.99. The smallest absolute Gasteiger partial charge is 0.138 e. The first-order chi connectivity index (χ1) is 15.6. The average molecular weight is 422 g/mol. The molecular formula is C26H23N5O.